The lowest BCUT2D eigenvalue weighted by atomic mass is 9.94. The molecule has 1 fully saturated rings. The summed E-state index contributed by atoms with van der Waals surface area (Å²) in [5.74, 6) is 0.529. The van der Waals surface area contributed by atoms with Crippen molar-refractivity contribution in [2.75, 3.05) is 20.1 Å². The van der Waals surface area contributed by atoms with Crippen LogP contribution in [0.15, 0.2) is 0 Å². The van der Waals surface area contributed by atoms with Crippen molar-refractivity contribution in [3.8, 4) is 0 Å². The normalized spacial score (nSPS) is 27.8. The molecule has 0 aromatic heterocycles. The molecule has 0 spiro atoms. The summed E-state index contributed by atoms with van der Waals surface area (Å²) in [6.07, 6.45) is 1.04. The van der Waals surface area contributed by atoms with E-state index in [2.05, 4.69) is 29.5 Å². The molecule has 88 valence electrons. The maximum Gasteiger partial charge on any atom is 0.315 e. The predicted molar refractivity (Wildman–Crippen MR) is 61.9 cm³/mol. The number of nitrogens with one attached hydrogen (secondary N) is 2. The number of piperidine rings is 1. The smallest absolute Gasteiger partial charge is 0.315 e. The Hall–Kier alpha value is -0.770. The van der Waals surface area contributed by atoms with Crippen LogP contribution in [0, 0.1) is 5.92 Å². The standard InChI is InChI=1S/C11H23N3O/c1-8(2)12-11(15)13-10-5-6-14(4)7-9(10)3/h8-10H,5-7H2,1-4H3,(H2,12,13,15). The average molecular weight is 213 g/mol. The van der Waals surface area contributed by atoms with E-state index in [-0.39, 0.29) is 12.1 Å². The van der Waals surface area contributed by atoms with Crippen LogP contribution in [0.25, 0.3) is 0 Å². The van der Waals surface area contributed by atoms with Crippen molar-refractivity contribution >= 4 is 6.03 Å². The van der Waals surface area contributed by atoms with Gasteiger partial charge in [-0.3, -0.25) is 0 Å². The van der Waals surface area contributed by atoms with Gasteiger partial charge in [-0.05, 0) is 39.8 Å². The summed E-state index contributed by atoms with van der Waals surface area (Å²) < 4.78 is 0. The van der Waals surface area contributed by atoms with E-state index in [0.717, 1.165) is 19.5 Å². The lowest BCUT2D eigenvalue weighted by Gasteiger charge is -2.35. The van der Waals surface area contributed by atoms with Crippen molar-refractivity contribution in [3.05, 3.63) is 0 Å². The quantitative estimate of drug-likeness (QED) is 0.719. The number of carbonyl (C=O) groups excluding carboxylic acids is 1. The number of hydrogen-bond donors (Lipinski definition) is 2. The Morgan fingerprint density at radius 3 is 2.67 bits per heavy atom. The van der Waals surface area contributed by atoms with Gasteiger partial charge in [0.05, 0.1) is 0 Å². The highest BCUT2D eigenvalue weighted by Gasteiger charge is 2.25. The Morgan fingerprint density at radius 1 is 1.47 bits per heavy atom. The molecule has 2 unspecified atom stereocenters. The molecule has 0 aromatic carbocycles. The maximum absolute atomic E-state index is 11.5. The molecule has 1 rings (SSSR count). The molecule has 1 saturated heterocycles. The van der Waals surface area contributed by atoms with Gasteiger partial charge in [-0.1, -0.05) is 6.92 Å². The van der Waals surface area contributed by atoms with Gasteiger partial charge in [-0.15, -0.1) is 0 Å². The molecule has 0 aliphatic carbocycles. The van der Waals surface area contributed by atoms with E-state index in [1.165, 1.54) is 0 Å². The lowest BCUT2D eigenvalue weighted by Crippen LogP contribution is -2.52. The van der Waals surface area contributed by atoms with Crippen molar-refractivity contribution < 1.29 is 4.79 Å². The van der Waals surface area contributed by atoms with Gasteiger partial charge in [0, 0.05) is 18.6 Å². The van der Waals surface area contributed by atoms with Gasteiger partial charge in [0.1, 0.15) is 0 Å². The Bertz CT molecular complexity index is 218. The van der Waals surface area contributed by atoms with Crippen LogP contribution in [0.2, 0.25) is 0 Å². The number of urea groups is 1. The van der Waals surface area contributed by atoms with Crippen LogP contribution in [-0.4, -0.2) is 43.2 Å². The van der Waals surface area contributed by atoms with Gasteiger partial charge in [0.2, 0.25) is 0 Å². The minimum atomic E-state index is -0.0357. The molecule has 0 saturated carbocycles. The van der Waals surface area contributed by atoms with E-state index < -0.39 is 0 Å². The SMILES string of the molecule is CC(C)NC(=O)NC1CCN(C)CC1C. The largest absolute Gasteiger partial charge is 0.336 e. The van der Waals surface area contributed by atoms with Crippen LogP contribution in [0.1, 0.15) is 27.2 Å². The molecule has 0 bridgehead atoms. The van der Waals surface area contributed by atoms with E-state index in [1.807, 2.05) is 13.8 Å². The second-order valence-corrected chi connectivity index (χ2v) is 4.91. The minimum Gasteiger partial charge on any atom is -0.336 e. The Morgan fingerprint density at radius 2 is 2.13 bits per heavy atom. The lowest BCUT2D eigenvalue weighted by molar-refractivity contribution is 0.172. The van der Waals surface area contributed by atoms with E-state index in [4.69, 9.17) is 0 Å². The van der Waals surface area contributed by atoms with Crippen LogP contribution in [0.4, 0.5) is 4.79 Å². The number of carbonyl (C=O) groups is 1. The van der Waals surface area contributed by atoms with Crippen LogP contribution < -0.4 is 10.6 Å². The highest BCUT2D eigenvalue weighted by atomic mass is 16.2. The maximum atomic E-state index is 11.5. The van der Waals surface area contributed by atoms with Crippen LogP contribution in [0.3, 0.4) is 0 Å². The molecule has 1 heterocycles. The summed E-state index contributed by atoms with van der Waals surface area (Å²) in [6, 6.07) is 0.484. The third-order valence-electron chi connectivity index (χ3n) is 2.84. The molecular weight excluding hydrogens is 190 g/mol. The number of nitrogens with zero attached hydrogens (tertiary/aromatic N) is 1. The summed E-state index contributed by atoms with van der Waals surface area (Å²) in [5.41, 5.74) is 0. The molecule has 2 atom stereocenters. The van der Waals surface area contributed by atoms with E-state index in [9.17, 15) is 4.79 Å². The summed E-state index contributed by atoms with van der Waals surface area (Å²) in [7, 11) is 2.13. The average Bonchev–Trinajstić information content (AvgIpc) is 2.08. The first kappa shape index (κ1) is 12.3. The van der Waals surface area contributed by atoms with Crippen molar-refractivity contribution in [1.82, 2.24) is 15.5 Å². The van der Waals surface area contributed by atoms with Crippen LogP contribution >= 0.6 is 0 Å². The van der Waals surface area contributed by atoms with Gasteiger partial charge in [0.15, 0.2) is 0 Å². The third kappa shape index (κ3) is 4.08. The Balaban J connectivity index is 2.34. The second-order valence-electron chi connectivity index (χ2n) is 4.91. The van der Waals surface area contributed by atoms with Gasteiger partial charge in [-0.25, -0.2) is 4.79 Å². The van der Waals surface area contributed by atoms with Crippen molar-refractivity contribution in [3.63, 3.8) is 0 Å². The van der Waals surface area contributed by atoms with Crippen LogP contribution in [-0.2, 0) is 0 Å². The summed E-state index contributed by atoms with van der Waals surface area (Å²) in [5, 5.41) is 5.90. The fraction of sp³-hybridized carbons (Fsp3) is 0.909. The van der Waals surface area contributed by atoms with Gasteiger partial charge < -0.3 is 15.5 Å². The third-order valence-corrected chi connectivity index (χ3v) is 2.84. The Kier molecular flexibility index (Phi) is 4.39. The van der Waals surface area contributed by atoms with E-state index in [1.54, 1.807) is 0 Å². The number of likely N-dealkylation sites (tertiary alicyclic amines) is 1. The fourth-order valence-corrected chi connectivity index (χ4v) is 2.04. The van der Waals surface area contributed by atoms with E-state index in [0.29, 0.717) is 12.0 Å². The molecule has 15 heavy (non-hydrogen) atoms. The highest BCUT2D eigenvalue weighted by Crippen LogP contribution is 2.14. The van der Waals surface area contributed by atoms with Gasteiger partial charge in [0.25, 0.3) is 0 Å². The highest BCUT2D eigenvalue weighted by molar-refractivity contribution is 5.74. The fourth-order valence-electron chi connectivity index (χ4n) is 2.04. The molecule has 4 nitrogen and oxygen atoms in total. The first-order valence-corrected chi connectivity index (χ1v) is 5.74. The molecule has 2 N–H and O–H groups in total. The van der Waals surface area contributed by atoms with Gasteiger partial charge >= 0.3 is 6.03 Å². The van der Waals surface area contributed by atoms with Crippen molar-refractivity contribution in [2.45, 2.75) is 39.3 Å². The summed E-state index contributed by atoms with van der Waals surface area (Å²) in [6.45, 7) is 8.26. The molecule has 2 amide bonds. The van der Waals surface area contributed by atoms with Crippen molar-refractivity contribution in [1.29, 1.82) is 0 Å². The molecular formula is C11H23N3O. The zero-order chi connectivity index (χ0) is 11.4. The molecule has 1 aliphatic rings. The first-order valence-electron chi connectivity index (χ1n) is 5.74. The molecule has 0 radical (unpaired) electrons. The number of hydrogen-bond acceptors (Lipinski definition) is 2. The predicted octanol–water partition coefficient (Wildman–Crippen LogP) is 1.03. The zero-order valence-corrected chi connectivity index (χ0v) is 10.2. The number of amides is 2. The van der Waals surface area contributed by atoms with Crippen molar-refractivity contribution in [2.24, 2.45) is 5.92 Å². The monoisotopic (exact) mass is 213 g/mol. The topological polar surface area (TPSA) is 44.4 Å². The van der Waals surface area contributed by atoms with E-state index >= 15 is 0 Å². The van der Waals surface area contributed by atoms with Crippen LogP contribution in [0.5, 0.6) is 0 Å². The minimum absolute atomic E-state index is 0.0357. The summed E-state index contributed by atoms with van der Waals surface area (Å²) >= 11 is 0. The molecule has 4 heteroatoms. The summed E-state index contributed by atoms with van der Waals surface area (Å²) in [4.78, 5) is 13.8. The second kappa shape index (κ2) is 5.35. The Labute approximate surface area is 92.4 Å². The zero-order valence-electron chi connectivity index (χ0n) is 10.2. The van der Waals surface area contributed by atoms with Gasteiger partial charge in [-0.2, -0.15) is 0 Å². The number of rotatable bonds is 2. The molecule has 0 aromatic rings. The molecule has 1 aliphatic heterocycles. The first-order chi connectivity index (χ1) is 6.99.